The second-order valence-electron chi connectivity index (χ2n) is 9.17. The lowest BCUT2D eigenvalue weighted by Crippen LogP contribution is -2.29. The van der Waals surface area contributed by atoms with Gasteiger partial charge in [0, 0.05) is 15.9 Å². The van der Waals surface area contributed by atoms with Gasteiger partial charge in [-0.3, -0.25) is 0 Å². The van der Waals surface area contributed by atoms with Gasteiger partial charge in [-0.25, -0.2) is 0 Å². The molecule has 0 fully saturated rings. The maximum Gasteiger partial charge on any atom is 0.238 e. The van der Waals surface area contributed by atoms with Crippen molar-refractivity contribution in [1.82, 2.24) is 0 Å². The minimum Gasteiger partial charge on any atom is -0.449 e. The largest absolute Gasteiger partial charge is 0.449 e. The van der Waals surface area contributed by atoms with Crippen LogP contribution in [0.3, 0.4) is 0 Å². The Labute approximate surface area is 224 Å². The molecule has 6 nitrogen and oxygen atoms in total. The predicted molar refractivity (Wildman–Crippen MR) is 155 cm³/mol. The van der Waals surface area contributed by atoms with Gasteiger partial charge >= 0.3 is 0 Å². The highest BCUT2D eigenvalue weighted by molar-refractivity contribution is 7.87. The Morgan fingerprint density at radius 1 is 0.308 bits per heavy atom. The van der Waals surface area contributed by atoms with Gasteiger partial charge in [0.15, 0.2) is 33.0 Å². The number of hydrogen-bond acceptors (Lipinski definition) is 6. The molecular weight excluding hydrogens is 549 g/mol. The van der Waals surface area contributed by atoms with E-state index in [2.05, 4.69) is 0 Å². The highest BCUT2D eigenvalue weighted by Gasteiger charge is 2.45. The molecule has 6 bridgehead atoms. The molecule has 0 radical (unpaired) electrons. The maximum absolute atomic E-state index is 15.0. The molecule has 0 amide bonds. The van der Waals surface area contributed by atoms with E-state index in [-0.39, 0.29) is 33.0 Å². The zero-order valence-corrected chi connectivity index (χ0v) is 23.1. The Kier molecular flexibility index (Phi) is 5.51. The van der Waals surface area contributed by atoms with Gasteiger partial charge in [0.1, 0.15) is 0 Å². The molecule has 0 unspecified atom stereocenters. The minimum absolute atomic E-state index is 0.114. The fourth-order valence-electron chi connectivity index (χ4n) is 4.97. The molecule has 0 saturated carbocycles. The number of fused-ring (bicyclic) bond motifs is 6. The lowest BCUT2D eigenvalue weighted by Gasteiger charge is -2.19. The van der Waals surface area contributed by atoms with E-state index in [1.165, 1.54) is 0 Å². The van der Waals surface area contributed by atoms with Crippen molar-refractivity contribution in [1.29, 1.82) is 0 Å². The van der Waals surface area contributed by atoms with E-state index in [9.17, 15) is 0 Å². The predicted octanol–water partition coefficient (Wildman–Crippen LogP) is 3.70. The normalized spacial score (nSPS) is 24.0. The van der Waals surface area contributed by atoms with Gasteiger partial charge in [-0.1, -0.05) is 91.0 Å². The van der Waals surface area contributed by atoms with E-state index < -0.39 is 21.4 Å². The molecule has 0 atom stereocenters. The highest BCUT2D eigenvalue weighted by atomic mass is 31.2. The molecule has 192 valence electrons. The Hall–Kier alpha value is -3.81. The number of furan rings is 3. The van der Waals surface area contributed by atoms with Gasteiger partial charge in [-0.05, 0) is 36.4 Å². The molecule has 0 saturated heterocycles. The molecule has 1 aliphatic rings. The Balaban J connectivity index is 1.60. The molecule has 0 aliphatic carbocycles. The average molecular weight is 570 g/mol. The van der Waals surface area contributed by atoms with E-state index in [0.29, 0.717) is 15.9 Å². The van der Waals surface area contributed by atoms with E-state index in [4.69, 9.17) is 13.3 Å². The zero-order valence-electron chi connectivity index (χ0n) is 20.4. The van der Waals surface area contributed by atoms with Crippen LogP contribution in [0.2, 0.25) is 0 Å². The van der Waals surface area contributed by atoms with Crippen molar-refractivity contribution in [3.63, 3.8) is 0 Å². The van der Waals surface area contributed by atoms with Crippen molar-refractivity contribution in [3.05, 3.63) is 127 Å². The Morgan fingerprint density at radius 3 is 0.718 bits per heavy atom. The first-order valence-electron chi connectivity index (χ1n) is 12.2. The van der Waals surface area contributed by atoms with Crippen molar-refractivity contribution >= 4 is 70.3 Å². The third-order valence-electron chi connectivity index (χ3n) is 6.95. The first kappa shape index (κ1) is 24.2. The fraction of sp³-hybridized carbons (Fsp3) is 0. The molecular formula is C30H21O6P3. The summed E-state index contributed by atoms with van der Waals surface area (Å²) in [6.45, 7) is 0. The van der Waals surface area contributed by atoms with Gasteiger partial charge < -0.3 is 26.9 Å². The van der Waals surface area contributed by atoms with Crippen LogP contribution in [0.1, 0.15) is 0 Å². The van der Waals surface area contributed by atoms with Gasteiger partial charge in [0.05, 0.1) is 0 Å². The summed E-state index contributed by atoms with van der Waals surface area (Å²) in [5, 5.41) is 1.43. The average Bonchev–Trinajstić information content (AvgIpc) is 3.79. The van der Waals surface area contributed by atoms with Crippen molar-refractivity contribution in [2.75, 3.05) is 0 Å². The summed E-state index contributed by atoms with van der Waals surface area (Å²) in [6, 6.07) is 36.1. The van der Waals surface area contributed by atoms with Crippen LogP contribution in [0.15, 0.2) is 141 Å². The Bertz CT molecular complexity index is 1660. The summed E-state index contributed by atoms with van der Waals surface area (Å²) < 4.78 is 63.8. The number of hydrogen-bond donors (Lipinski definition) is 0. The zero-order chi connectivity index (χ0) is 26.7. The lowest BCUT2D eigenvalue weighted by atomic mass is 10.4. The van der Waals surface area contributed by atoms with Crippen molar-refractivity contribution < 1.29 is 26.9 Å². The standard InChI is InChI=1S/C30H21O6P3/c31-37(22-10-4-1-5-11-22)25-16-18-27(34-25)38(32,23-12-6-2-7-13-23)29-20-21-30(36-29)39(33,24-14-8-3-9-15-24)28-19-17-26(37)35-28/h1-21H. The quantitative estimate of drug-likeness (QED) is 0.301. The summed E-state index contributed by atoms with van der Waals surface area (Å²) in [5.74, 6) is 0. The van der Waals surface area contributed by atoms with Crippen LogP contribution < -0.4 is 48.9 Å². The topological polar surface area (TPSA) is 90.6 Å². The Morgan fingerprint density at radius 2 is 0.513 bits per heavy atom. The molecule has 7 rings (SSSR count). The first-order chi connectivity index (χ1) is 18.9. The third-order valence-corrected chi connectivity index (χ3v) is 15.2. The van der Waals surface area contributed by atoms with E-state index in [0.717, 1.165) is 0 Å². The van der Waals surface area contributed by atoms with Crippen LogP contribution in [0.4, 0.5) is 0 Å². The van der Waals surface area contributed by atoms with Crippen molar-refractivity contribution in [3.8, 4) is 0 Å². The molecule has 39 heavy (non-hydrogen) atoms. The molecule has 0 N–H and O–H groups in total. The van der Waals surface area contributed by atoms with Crippen LogP contribution in [0.5, 0.6) is 0 Å². The molecule has 3 aromatic carbocycles. The molecule has 9 heteroatoms. The summed E-state index contributed by atoms with van der Waals surface area (Å²) in [5.41, 5.74) is 0.681. The van der Waals surface area contributed by atoms with Gasteiger partial charge in [0.25, 0.3) is 0 Å². The first-order valence-corrected chi connectivity index (χ1v) is 17.4. The van der Waals surface area contributed by atoms with Crippen LogP contribution in [0, 0.1) is 0 Å². The fourth-order valence-corrected chi connectivity index (χ4v) is 12.2. The number of benzene rings is 3. The maximum atomic E-state index is 15.0. The highest BCUT2D eigenvalue weighted by Crippen LogP contribution is 2.50. The van der Waals surface area contributed by atoms with E-state index >= 15 is 13.7 Å². The summed E-state index contributed by atoms with van der Waals surface area (Å²) in [4.78, 5) is 0. The molecule has 6 aromatic rings. The smallest absolute Gasteiger partial charge is 0.238 e. The van der Waals surface area contributed by atoms with E-state index in [1.807, 2.05) is 18.2 Å². The minimum atomic E-state index is -3.72. The van der Waals surface area contributed by atoms with Crippen LogP contribution in [0.25, 0.3) is 0 Å². The van der Waals surface area contributed by atoms with Crippen LogP contribution >= 0.6 is 21.4 Å². The van der Waals surface area contributed by atoms with Crippen molar-refractivity contribution in [2.45, 2.75) is 0 Å². The third kappa shape index (κ3) is 3.46. The molecule has 3 aromatic heterocycles. The molecule has 0 spiro atoms. The SMILES string of the molecule is O=P1(c2ccccc2)c2ccc(o2)P(=O)(c2ccccc2)c2ccc(o2)P(=O)(c2ccccc2)c2ccc1o2. The van der Waals surface area contributed by atoms with Gasteiger partial charge in [-0.15, -0.1) is 0 Å². The lowest BCUT2D eigenvalue weighted by molar-refractivity contribution is 0.547. The van der Waals surface area contributed by atoms with Crippen LogP contribution in [-0.2, 0) is 13.7 Å². The van der Waals surface area contributed by atoms with Crippen LogP contribution in [-0.4, -0.2) is 0 Å². The summed E-state index contributed by atoms with van der Waals surface area (Å²) in [7, 11) is -11.2. The second-order valence-corrected chi connectivity index (χ2v) is 17.0. The second kappa shape index (κ2) is 8.86. The summed E-state index contributed by atoms with van der Waals surface area (Å²) in [6.07, 6.45) is 0. The van der Waals surface area contributed by atoms with Gasteiger partial charge in [-0.2, -0.15) is 0 Å². The monoisotopic (exact) mass is 570 g/mol. The number of rotatable bonds is 3. The molecule has 1 aliphatic heterocycles. The van der Waals surface area contributed by atoms with Gasteiger partial charge in [0.2, 0.25) is 21.4 Å². The van der Waals surface area contributed by atoms with E-state index in [1.54, 1.807) is 109 Å². The molecule has 4 heterocycles. The van der Waals surface area contributed by atoms with Crippen molar-refractivity contribution in [2.24, 2.45) is 0 Å². The summed E-state index contributed by atoms with van der Waals surface area (Å²) >= 11 is 0.